The summed E-state index contributed by atoms with van der Waals surface area (Å²) in [6.07, 6.45) is 0. The van der Waals surface area contributed by atoms with Gasteiger partial charge in [-0.1, -0.05) is 24.3 Å². The lowest BCUT2D eigenvalue weighted by atomic mass is 10.1. The molecule has 0 bridgehead atoms. The minimum atomic E-state index is -3.32. The summed E-state index contributed by atoms with van der Waals surface area (Å²) >= 11 is 0. The third-order valence-electron chi connectivity index (χ3n) is 3.34. The van der Waals surface area contributed by atoms with E-state index >= 15 is 0 Å². The van der Waals surface area contributed by atoms with Crippen LogP contribution in [0.25, 0.3) is 0 Å². The average Bonchev–Trinajstić information content (AvgIpc) is 2.39. The summed E-state index contributed by atoms with van der Waals surface area (Å²) in [6.45, 7) is 3.56. The van der Waals surface area contributed by atoms with E-state index in [1.807, 2.05) is 31.2 Å². The molecule has 5 nitrogen and oxygen atoms in total. The zero-order valence-corrected chi connectivity index (χ0v) is 11.9. The van der Waals surface area contributed by atoms with Crippen LogP contribution < -0.4 is 5.73 Å². The zero-order chi connectivity index (χ0) is 13.9. The van der Waals surface area contributed by atoms with Crippen LogP contribution >= 0.6 is 0 Å². The molecule has 0 aromatic heterocycles. The van der Waals surface area contributed by atoms with Crippen molar-refractivity contribution in [3.63, 3.8) is 0 Å². The van der Waals surface area contributed by atoms with Crippen molar-refractivity contribution in [2.45, 2.75) is 25.3 Å². The van der Waals surface area contributed by atoms with Crippen molar-refractivity contribution in [3.8, 4) is 0 Å². The van der Waals surface area contributed by atoms with Crippen molar-refractivity contribution in [1.82, 2.24) is 4.31 Å². The molecule has 19 heavy (non-hydrogen) atoms. The van der Waals surface area contributed by atoms with E-state index in [0.717, 1.165) is 11.1 Å². The molecule has 1 saturated heterocycles. The molecule has 0 saturated carbocycles. The van der Waals surface area contributed by atoms with E-state index in [4.69, 9.17) is 10.5 Å². The zero-order valence-electron chi connectivity index (χ0n) is 11.1. The molecule has 2 rings (SSSR count). The van der Waals surface area contributed by atoms with Crippen molar-refractivity contribution >= 4 is 10.0 Å². The number of nitrogens with two attached hydrogens (primary N) is 1. The first-order valence-corrected chi connectivity index (χ1v) is 7.99. The second-order valence-electron chi connectivity index (χ2n) is 4.76. The summed E-state index contributed by atoms with van der Waals surface area (Å²) in [5.41, 5.74) is 7.31. The Bertz CT molecular complexity index is 530. The Labute approximate surface area is 114 Å². The highest BCUT2D eigenvalue weighted by Gasteiger charge is 2.30. The fourth-order valence-electron chi connectivity index (χ4n) is 2.30. The van der Waals surface area contributed by atoms with Gasteiger partial charge in [0.05, 0.1) is 19.0 Å². The molecular formula is C13H20N2O3S. The predicted octanol–water partition coefficient (Wildman–Crippen LogP) is 0.696. The molecule has 2 N–H and O–H groups in total. The Morgan fingerprint density at radius 1 is 1.37 bits per heavy atom. The number of hydrogen-bond donors (Lipinski definition) is 1. The lowest BCUT2D eigenvalue weighted by molar-refractivity contribution is 0.0392. The number of morpholine rings is 1. The summed E-state index contributed by atoms with van der Waals surface area (Å²) < 4.78 is 31.7. The van der Waals surface area contributed by atoms with Gasteiger partial charge < -0.3 is 10.5 Å². The molecule has 1 unspecified atom stereocenters. The van der Waals surface area contributed by atoms with Gasteiger partial charge in [-0.15, -0.1) is 0 Å². The Kier molecular flexibility index (Phi) is 4.57. The maximum Gasteiger partial charge on any atom is 0.218 e. The molecule has 1 atom stereocenters. The first-order chi connectivity index (χ1) is 9.04. The van der Waals surface area contributed by atoms with E-state index in [1.54, 1.807) is 0 Å². The fraction of sp³-hybridized carbons (Fsp3) is 0.538. The van der Waals surface area contributed by atoms with Gasteiger partial charge in [-0.25, -0.2) is 8.42 Å². The highest BCUT2D eigenvalue weighted by Crippen LogP contribution is 2.18. The monoisotopic (exact) mass is 284 g/mol. The Morgan fingerprint density at radius 2 is 2.05 bits per heavy atom. The van der Waals surface area contributed by atoms with Crippen molar-refractivity contribution in [3.05, 3.63) is 35.4 Å². The van der Waals surface area contributed by atoms with Crippen LogP contribution in [0.4, 0.5) is 0 Å². The first-order valence-electron chi connectivity index (χ1n) is 6.38. The van der Waals surface area contributed by atoms with Crippen LogP contribution in [0.5, 0.6) is 0 Å². The van der Waals surface area contributed by atoms with Gasteiger partial charge in [0, 0.05) is 19.1 Å². The standard InChI is InChI=1S/C13H20N2O3S/c1-11-9-18-7-6-15(11)19(16,17)10-13-5-3-2-4-12(13)8-14/h2-5,11H,6-10,14H2,1H3. The van der Waals surface area contributed by atoms with Crippen molar-refractivity contribution < 1.29 is 13.2 Å². The number of hydrogen-bond acceptors (Lipinski definition) is 4. The second kappa shape index (κ2) is 6.00. The smallest absolute Gasteiger partial charge is 0.218 e. The number of sulfonamides is 1. The molecule has 0 amide bonds. The van der Waals surface area contributed by atoms with Crippen LogP contribution in [0.2, 0.25) is 0 Å². The maximum absolute atomic E-state index is 12.5. The molecule has 1 aromatic rings. The molecule has 106 valence electrons. The number of rotatable bonds is 4. The third-order valence-corrected chi connectivity index (χ3v) is 5.27. The van der Waals surface area contributed by atoms with Crippen molar-refractivity contribution in [2.75, 3.05) is 19.8 Å². The number of ether oxygens (including phenoxy) is 1. The topological polar surface area (TPSA) is 72.6 Å². The molecule has 1 aromatic carbocycles. The predicted molar refractivity (Wildman–Crippen MR) is 73.9 cm³/mol. The highest BCUT2D eigenvalue weighted by atomic mass is 32.2. The SMILES string of the molecule is CC1COCCN1S(=O)(=O)Cc1ccccc1CN. The Hall–Kier alpha value is -0.950. The summed E-state index contributed by atoms with van der Waals surface area (Å²) in [5, 5.41) is 0. The summed E-state index contributed by atoms with van der Waals surface area (Å²) in [7, 11) is -3.32. The molecule has 6 heteroatoms. The molecule has 1 heterocycles. The average molecular weight is 284 g/mol. The second-order valence-corrected chi connectivity index (χ2v) is 6.69. The summed E-state index contributed by atoms with van der Waals surface area (Å²) in [5.74, 6) is 0.00468. The molecule has 1 aliphatic heterocycles. The van der Waals surface area contributed by atoms with Gasteiger partial charge in [0.2, 0.25) is 10.0 Å². The Morgan fingerprint density at radius 3 is 2.68 bits per heavy atom. The van der Waals surface area contributed by atoms with E-state index in [2.05, 4.69) is 0 Å². The van der Waals surface area contributed by atoms with Gasteiger partial charge in [0.25, 0.3) is 0 Å². The van der Waals surface area contributed by atoms with Crippen molar-refractivity contribution in [1.29, 1.82) is 0 Å². The molecule has 0 spiro atoms. The normalized spacial score (nSPS) is 21.5. The highest BCUT2D eigenvalue weighted by molar-refractivity contribution is 7.88. The summed E-state index contributed by atoms with van der Waals surface area (Å²) in [6, 6.07) is 7.30. The lowest BCUT2D eigenvalue weighted by Crippen LogP contribution is -2.47. The van der Waals surface area contributed by atoms with Crippen LogP contribution in [0, 0.1) is 0 Å². The molecular weight excluding hydrogens is 264 g/mol. The molecule has 0 aliphatic carbocycles. The van der Waals surface area contributed by atoms with Gasteiger partial charge in [-0.2, -0.15) is 4.31 Å². The van der Waals surface area contributed by atoms with Crippen LogP contribution in [-0.2, 0) is 27.1 Å². The van der Waals surface area contributed by atoms with Gasteiger partial charge in [0.1, 0.15) is 0 Å². The quantitative estimate of drug-likeness (QED) is 0.883. The lowest BCUT2D eigenvalue weighted by Gasteiger charge is -2.32. The van der Waals surface area contributed by atoms with Gasteiger partial charge in [-0.05, 0) is 18.1 Å². The van der Waals surface area contributed by atoms with Gasteiger partial charge in [-0.3, -0.25) is 0 Å². The van der Waals surface area contributed by atoms with Gasteiger partial charge in [0.15, 0.2) is 0 Å². The van der Waals surface area contributed by atoms with E-state index in [9.17, 15) is 8.42 Å². The molecule has 1 aliphatic rings. The van der Waals surface area contributed by atoms with Crippen LogP contribution in [0.15, 0.2) is 24.3 Å². The fourth-order valence-corrected chi connectivity index (χ4v) is 4.10. The number of nitrogens with zero attached hydrogens (tertiary/aromatic N) is 1. The van der Waals surface area contributed by atoms with Crippen LogP contribution in [-0.4, -0.2) is 38.5 Å². The minimum Gasteiger partial charge on any atom is -0.378 e. The minimum absolute atomic E-state index is 0.00468. The Balaban J connectivity index is 2.21. The van der Waals surface area contributed by atoms with Gasteiger partial charge >= 0.3 is 0 Å². The summed E-state index contributed by atoms with van der Waals surface area (Å²) in [4.78, 5) is 0. The maximum atomic E-state index is 12.5. The van der Waals surface area contributed by atoms with E-state index in [1.165, 1.54) is 4.31 Å². The van der Waals surface area contributed by atoms with E-state index < -0.39 is 10.0 Å². The number of benzene rings is 1. The molecule has 1 fully saturated rings. The third kappa shape index (κ3) is 3.33. The molecule has 0 radical (unpaired) electrons. The van der Waals surface area contributed by atoms with Crippen molar-refractivity contribution in [2.24, 2.45) is 5.73 Å². The van der Waals surface area contributed by atoms with E-state index in [0.29, 0.717) is 26.3 Å². The largest absolute Gasteiger partial charge is 0.378 e. The van der Waals surface area contributed by atoms with E-state index in [-0.39, 0.29) is 11.8 Å². The van der Waals surface area contributed by atoms with Crippen LogP contribution in [0.3, 0.4) is 0 Å². The first kappa shape index (κ1) is 14.5. The van der Waals surface area contributed by atoms with Crippen LogP contribution in [0.1, 0.15) is 18.1 Å².